The van der Waals surface area contributed by atoms with Gasteiger partial charge in [-0.25, -0.2) is 8.42 Å². The highest BCUT2D eigenvalue weighted by molar-refractivity contribution is 9.10. The van der Waals surface area contributed by atoms with Crippen LogP contribution in [0.4, 0.5) is 0 Å². The minimum atomic E-state index is -3.53. The van der Waals surface area contributed by atoms with E-state index in [4.69, 9.17) is 0 Å². The van der Waals surface area contributed by atoms with Crippen molar-refractivity contribution in [2.45, 2.75) is 17.9 Å². The van der Waals surface area contributed by atoms with Crippen molar-refractivity contribution in [3.05, 3.63) is 34.9 Å². The monoisotopic (exact) mass is 386 g/mol. The summed E-state index contributed by atoms with van der Waals surface area (Å²) < 4.78 is 28.4. The van der Waals surface area contributed by atoms with E-state index in [1.807, 2.05) is 25.1 Å². The molecule has 1 aliphatic rings. The van der Waals surface area contributed by atoms with Crippen LogP contribution in [-0.4, -0.2) is 41.8 Å². The van der Waals surface area contributed by atoms with Crippen LogP contribution in [0.25, 0.3) is 10.9 Å². The van der Waals surface area contributed by atoms with Crippen molar-refractivity contribution in [1.82, 2.24) is 9.29 Å². The maximum Gasteiger partial charge on any atom is 0.245 e. The Morgan fingerprint density at radius 1 is 1.43 bits per heavy atom. The SMILES string of the molecule is CC1CSCCN1S(=O)(=O)c1cc(Br)cc2cccnc12. The molecule has 1 atom stereocenters. The molecule has 0 amide bonds. The van der Waals surface area contributed by atoms with Gasteiger partial charge in [-0.3, -0.25) is 4.98 Å². The van der Waals surface area contributed by atoms with Crippen LogP contribution in [0.2, 0.25) is 0 Å². The summed E-state index contributed by atoms with van der Waals surface area (Å²) in [5.41, 5.74) is 0.533. The highest BCUT2D eigenvalue weighted by Crippen LogP contribution is 2.31. The van der Waals surface area contributed by atoms with E-state index in [0.717, 1.165) is 21.4 Å². The van der Waals surface area contributed by atoms with Crippen molar-refractivity contribution in [3.63, 3.8) is 0 Å². The minimum Gasteiger partial charge on any atom is -0.255 e. The van der Waals surface area contributed by atoms with Gasteiger partial charge in [-0.05, 0) is 25.1 Å². The first-order chi connectivity index (χ1) is 10.00. The second kappa shape index (κ2) is 5.87. The lowest BCUT2D eigenvalue weighted by Crippen LogP contribution is -2.44. The maximum atomic E-state index is 13.0. The maximum absolute atomic E-state index is 13.0. The lowest BCUT2D eigenvalue weighted by atomic mass is 10.2. The molecule has 112 valence electrons. The van der Waals surface area contributed by atoms with Crippen molar-refractivity contribution in [2.24, 2.45) is 0 Å². The standard InChI is InChI=1S/C14H15BrN2O2S2/c1-10-9-20-6-5-17(10)21(18,19)13-8-12(15)7-11-3-2-4-16-14(11)13/h2-4,7-8,10H,5-6,9H2,1H3. The minimum absolute atomic E-state index is 0.00601. The third-order valence-electron chi connectivity index (χ3n) is 3.53. The number of nitrogens with zero attached hydrogens (tertiary/aromatic N) is 2. The van der Waals surface area contributed by atoms with E-state index in [9.17, 15) is 8.42 Å². The summed E-state index contributed by atoms with van der Waals surface area (Å²) >= 11 is 5.19. The van der Waals surface area contributed by atoms with Crippen LogP contribution in [0.1, 0.15) is 6.92 Å². The van der Waals surface area contributed by atoms with Gasteiger partial charge in [-0.15, -0.1) is 0 Å². The number of pyridine rings is 1. The first kappa shape index (κ1) is 15.3. The van der Waals surface area contributed by atoms with Crippen LogP contribution in [-0.2, 0) is 10.0 Å². The van der Waals surface area contributed by atoms with Crippen molar-refractivity contribution in [1.29, 1.82) is 0 Å². The van der Waals surface area contributed by atoms with Crippen molar-refractivity contribution < 1.29 is 8.42 Å². The molecule has 0 bridgehead atoms. The van der Waals surface area contributed by atoms with Crippen LogP contribution in [0.15, 0.2) is 39.8 Å². The summed E-state index contributed by atoms with van der Waals surface area (Å²) in [6.07, 6.45) is 1.63. The Hall–Kier alpha value is -0.630. The fourth-order valence-electron chi connectivity index (χ4n) is 2.52. The highest BCUT2D eigenvalue weighted by atomic mass is 79.9. The Morgan fingerprint density at radius 3 is 3.00 bits per heavy atom. The number of fused-ring (bicyclic) bond motifs is 1. The number of rotatable bonds is 2. The quantitative estimate of drug-likeness (QED) is 0.795. The molecule has 0 saturated carbocycles. The molecule has 1 aromatic heterocycles. The van der Waals surface area contributed by atoms with Gasteiger partial charge < -0.3 is 0 Å². The van der Waals surface area contributed by atoms with Gasteiger partial charge in [0.1, 0.15) is 4.90 Å². The Balaban J connectivity index is 2.19. The molecule has 0 N–H and O–H groups in total. The molecular formula is C14H15BrN2O2S2. The predicted octanol–water partition coefficient (Wildman–Crippen LogP) is 3.12. The second-order valence-corrected chi connectivity index (χ2v) is 8.94. The number of hydrogen-bond donors (Lipinski definition) is 0. The third-order valence-corrected chi connectivity index (χ3v) is 7.20. The first-order valence-corrected chi connectivity index (χ1v) is 10.0. The molecule has 4 nitrogen and oxygen atoms in total. The predicted molar refractivity (Wildman–Crippen MR) is 90.1 cm³/mol. The number of thioether (sulfide) groups is 1. The van der Waals surface area contributed by atoms with E-state index in [1.54, 1.807) is 28.3 Å². The number of aromatic nitrogens is 1. The summed E-state index contributed by atoms with van der Waals surface area (Å²) in [5, 5.41) is 0.824. The number of hydrogen-bond acceptors (Lipinski definition) is 4. The molecule has 2 aromatic rings. The summed E-state index contributed by atoms with van der Waals surface area (Å²) in [6.45, 7) is 2.51. The summed E-state index contributed by atoms with van der Waals surface area (Å²) in [7, 11) is -3.53. The normalized spacial score (nSPS) is 20.8. The van der Waals surface area contributed by atoms with Gasteiger partial charge in [-0.2, -0.15) is 16.1 Å². The van der Waals surface area contributed by atoms with E-state index in [-0.39, 0.29) is 10.9 Å². The Morgan fingerprint density at radius 2 is 2.24 bits per heavy atom. The van der Waals surface area contributed by atoms with E-state index < -0.39 is 10.0 Å². The molecule has 1 aliphatic heterocycles. The topological polar surface area (TPSA) is 50.3 Å². The summed E-state index contributed by atoms with van der Waals surface area (Å²) in [5.74, 6) is 1.67. The van der Waals surface area contributed by atoms with Crippen molar-refractivity contribution >= 4 is 48.6 Å². The average molecular weight is 387 g/mol. The smallest absolute Gasteiger partial charge is 0.245 e. The highest BCUT2D eigenvalue weighted by Gasteiger charge is 2.32. The van der Waals surface area contributed by atoms with E-state index in [1.165, 1.54) is 0 Å². The number of benzene rings is 1. The van der Waals surface area contributed by atoms with E-state index in [0.29, 0.717) is 12.1 Å². The Labute approximate surface area is 137 Å². The molecule has 0 aliphatic carbocycles. The first-order valence-electron chi connectivity index (χ1n) is 6.64. The van der Waals surface area contributed by atoms with Gasteiger partial charge >= 0.3 is 0 Å². The molecule has 1 unspecified atom stereocenters. The molecule has 1 fully saturated rings. The average Bonchev–Trinajstić information content (AvgIpc) is 2.46. The van der Waals surface area contributed by atoms with Crippen molar-refractivity contribution in [3.8, 4) is 0 Å². The molecular weight excluding hydrogens is 372 g/mol. The fraction of sp³-hybridized carbons (Fsp3) is 0.357. The van der Waals surface area contributed by atoms with E-state index in [2.05, 4.69) is 20.9 Å². The largest absolute Gasteiger partial charge is 0.255 e. The summed E-state index contributed by atoms with van der Waals surface area (Å²) in [6, 6.07) is 7.23. The van der Waals surface area contributed by atoms with E-state index >= 15 is 0 Å². The van der Waals surface area contributed by atoms with Gasteiger partial charge in [0, 0.05) is 40.1 Å². The van der Waals surface area contributed by atoms with Crippen LogP contribution in [0.5, 0.6) is 0 Å². The molecule has 7 heteroatoms. The molecule has 1 aromatic carbocycles. The van der Waals surface area contributed by atoms with Gasteiger partial charge in [0.05, 0.1) is 5.52 Å². The zero-order chi connectivity index (χ0) is 15.0. The molecule has 21 heavy (non-hydrogen) atoms. The second-order valence-electron chi connectivity index (χ2n) is 5.02. The lowest BCUT2D eigenvalue weighted by molar-refractivity contribution is 0.368. The third kappa shape index (κ3) is 2.84. The molecule has 1 saturated heterocycles. The number of sulfonamides is 1. The van der Waals surface area contributed by atoms with Crippen molar-refractivity contribution in [2.75, 3.05) is 18.1 Å². The van der Waals surface area contributed by atoms with Crippen LogP contribution in [0, 0.1) is 0 Å². The molecule has 3 rings (SSSR count). The molecule has 0 radical (unpaired) electrons. The zero-order valence-electron chi connectivity index (χ0n) is 11.5. The lowest BCUT2D eigenvalue weighted by Gasteiger charge is -2.32. The fourth-order valence-corrected chi connectivity index (χ4v) is 6.19. The van der Waals surface area contributed by atoms with Crippen LogP contribution >= 0.6 is 27.7 Å². The molecule has 0 spiro atoms. The molecule has 2 heterocycles. The van der Waals surface area contributed by atoms with Gasteiger partial charge in [-0.1, -0.05) is 22.0 Å². The van der Waals surface area contributed by atoms with Crippen LogP contribution in [0.3, 0.4) is 0 Å². The number of halogens is 1. The van der Waals surface area contributed by atoms with Crippen LogP contribution < -0.4 is 0 Å². The summed E-state index contributed by atoms with van der Waals surface area (Å²) in [4.78, 5) is 4.56. The Bertz CT molecular complexity index is 780. The Kier molecular flexibility index (Phi) is 4.27. The van der Waals surface area contributed by atoms with Gasteiger partial charge in [0.15, 0.2) is 0 Å². The zero-order valence-corrected chi connectivity index (χ0v) is 14.7. The van der Waals surface area contributed by atoms with Gasteiger partial charge in [0.25, 0.3) is 0 Å². The van der Waals surface area contributed by atoms with Gasteiger partial charge in [0.2, 0.25) is 10.0 Å².